The van der Waals surface area contributed by atoms with Crippen molar-refractivity contribution in [1.29, 1.82) is 0 Å². The molecule has 10 heteroatoms. The number of anilines is 3. The molecular formula is C22H17Cl2N3O4S. The molecule has 0 saturated heterocycles. The number of halogens is 2. The van der Waals surface area contributed by atoms with E-state index in [4.69, 9.17) is 23.2 Å². The Hall–Kier alpha value is -3.07. The Morgan fingerprint density at radius 1 is 1.00 bits per heavy atom. The lowest BCUT2D eigenvalue weighted by Gasteiger charge is -2.32. The maximum Gasteiger partial charge on any atom is 0.264 e. The SMILES string of the molecule is O=C1CN(C(=O)CN(c2ccc(Cl)cc2Cl)S(=O)(=O)c2ccccc2)c2ccccc2N1. The summed E-state index contributed by atoms with van der Waals surface area (Å²) in [6, 6.07) is 18.9. The van der Waals surface area contributed by atoms with Crippen molar-refractivity contribution in [3.05, 3.63) is 82.8 Å². The highest BCUT2D eigenvalue weighted by molar-refractivity contribution is 7.92. The fourth-order valence-electron chi connectivity index (χ4n) is 3.37. The van der Waals surface area contributed by atoms with E-state index in [0.717, 1.165) is 4.31 Å². The highest BCUT2D eigenvalue weighted by Gasteiger charge is 2.33. The zero-order valence-electron chi connectivity index (χ0n) is 16.5. The van der Waals surface area contributed by atoms with Crippen molar-refractivity contribution in [2.75, 3.05) is 27.6 Å². The predicted octanol–water partition coefficient (Wildman–Crippen LogP) is 4.17. The average Bonchev–Trinajstić information content (AvgIpc) is 2.77. The predicted molar refractivity (Wildman–Crippen MR) is 125 cm³/mol. The van der Waals surface area contributed by atoms with Crippen LogP contribution in [-0.2, 0) is 19.6 Å². The number of hydrogen-bond acceptors (Lipinski definition) is 4. The molecule has 7 nitrogen and oxygen atoms in total. The van der Waals surface area contributed by atoms with Crippen LogP contribution in [0.15, 0.2) is 77.7 Å². The summed E-state index contributed by atoms with van der Waals surface area (Å²) in [6.07, 6.45) is 0. The average molecular weight is 490 g/mol. The third-order valence-corrected chi connectivity index (χ3v) is 7.17. The van der Waals surface area contributed by atoms with Crippen LogP contribution >= 0.6 is 23.2 Å². The zero-order chi connectivity index (χ0) is 22.9. The monoisotopic (exact) mass is 489 g/mol. The molecule has 3 aromatic carbocycles. The summed E-state index contributed by atoms with van der Waals surface area (Å²) >= 11 is 12.3. The Kier molecular flexibility index (Phi) is 6.10. The second kappa shape index (κ2) is 8.82. The van der Waals surface area contributed by atoms with Gasteiger partial charge in [0.05, 0.1) is 27.0 Å². The van der Waals surface area contributed by atoms with Gasteiger partial charge in [0.25, 0.3) is 10.0 Å². The van der Waals surface area contributed by atoms with E-state index in [1.807, 2.05) is 0 Å². The normalized spacial score (nSPS) is 13.3. The lowest BCUT2D eigenvalue weighted by Crippen LogP contribution is -2.48. The number of nitrogens with one attached hydrogen (secondary N) is 1. The van der Waals surface area contributed by atoms with E-state index in [-0.39, 0.29) is 28.1 Å². The first-order valence-electron chi connectivity index (χ1n) is 9.49. The van der Waals surface area contributed by atoms with Crippen molar-refractivity contribution in [2.45, 2.75) is 4.90 Å². The first-order chi connectivity index (χ1) is 15.3. The molecule has 0 radical (unpaired) electrons. The van der Waals surface area contributed by atoms with Gasteiger partial charge < -0.3 is 5.32 Å². The largest absolute Gasteiger partial charge is 0.323 e. The van der Waals surface area contributed by atoms with Crippen LogP contribution in [0.25, 0.3) is 0 Å². The number of carbonyl (C=O) groups is 2. The molecule has 4 rings (SSSR count). The van der Waals surface area contributed by atoms with E-state index in [0.29, 0.717) is 16.4 Å². The van der Waals surface area contributed by atoms with E-state index in [1.165, 1.54) is 35.2 Å². The maximum absolute atomic E-state index is 13.5. The standard InChI is InChI=1S/C22H17Cl2N3O4S/c23-15-10-11-19(17(24)12-15)27(32(30,31)16-6-2-1-3-7-16)14-22(29)26-13-21(28)25-18-8-4-5-9-20(18)26/h1-12H,13-14H2,(H,25,28). The fourth-order valence-corrected chi connectivity index (χ4v) is 5.38. The van der Waals surface area contributed by atoms with Gasteiger partial charge in [-0.15, -0.1) is 0 Å². The molecule has 0 unspecified atom stereocenters. The maximum atomic E-state index is 13.5. The van der Waals surface area contributed by atoms with Gasteiger partial charge in [-0.1, -0.05) is 53.5 Å². The van der Waals surface area contributed by atoms with Crippen molar-refractivity contribution >= 4 is 62.1 Å². The molecular weight excluding hydrogens is 473 g/mol. The minimum atomic E-state index is -4.16. The van der Waals surface area contributed by atoms with Crippen LogP contribution in [-0.4, -0.2) is 33.3 Å². The van der Waals surface area contributed by atoms with Crippen LogP contribution in [0.5, 0.6) is 0 Å². The molecule has 1 N–H and O–H groups in total. The van der Waals surface area contributed by atoms with Crippen molar-refractivity contribution in [3.8, 4) is 0 Å². The molecule has 0 aromatic heterocycles. The molecule has 0 bridgehead atoms. The minimum Gasteiger partial charge on any atom is -0.323 e. The number of sulfonamides is 1. The summed E-state index contributed by atoms with van der Waals surface area (Å²) < 4.78 is 27.9. The van der Waals surface area contributed by atoms with Gasteiger partial charge in [0, 0.05) is 5.02 Å². The van der Waals surface area contributed by atoms with Crippen molar-refractivity contribution < 1.29 is 18.0 Å². The molecule has 1 aliphatic heterocycles. The minimum absolute atomic E-state index is 0.00407. The molecule has 0 aliphatic carbocycles. The van der Waals surface area contributed by atoms with Crippen molar-refractivity contribution in [1.82, 2.24) is 0 Å². The van der Waals surface area contributed by atoms with Crippen LogP contribution in [0.4, 0.5) is 17.1 Å². The summed E-state index contributed by atoms with van der Waals surface area (Å²) in [5.74, 6) is -0.961. The van der Waals surface area contributed by atoms with Crippen LogP contribution in [0.3, 0.4) is 0 Å². The first kappa shape index (κ1) is 22.1. The molecule has 3 aromatic rings. The summed E-state index contributed by atoms with van der Waals surface area (Å²) in [4.78, 5) is 26.7. The molecule has 0 saturated carbocycles. The highest BCUT2D eigenvalue weighted by Crippen LogP contribution is 2.34. The van der Waals surface area contributed by atoms with Gasteiger partial charge in [0.15, 0.2) is 0 Å². The van der Waals surface area contributed by atoms with Gasteiger partial charge in [-0.05, 0) is 42.5 Å². The van der Waals surface area contributed by atoms with E-state index >= 15 is 0 Å². The van der Waals surface area contributed by atoms with Gasteiger partial charge in [0.2, 0.25) is 11.8 Å². The Bertz CT molecular complexity index is 1300. The lowest BCUT2D eigenvalue weighted by atomic mass is 10.2. The van der Waals surface area contributed by atoms with Crippen LogP contribution in [0.2, 0.25) is 10.0 Å². The number of hydrogen-bond donors (Lipinski definition) is 1. The second-order valence-corrected chi connectivity index (χ2v) is 9.67. The Morgan fingerprint density at radius 2 is 1.69 bits per heavy atom. The molecule has 2 amide bonds. The Balaban J connectivity index is 1.76. The molecule has 1 heterocycles. The number of fused-ring (bicyclic) bond motifs is 1. The number of nitrogens with zero attached hydrogens (tertiary/aromatic N) is 2. The second-order valence-electron chi connectivity index (χ2n) is 6.97. The summed E-state index contributed by atoms with van der Waals surface area (Å²) in [5.41, 5.74) is 1.05. The summed E-state index contributed by atoms with van der Waals surface area (Å²) in [6.45, 7) is -0.802. The molecule has 32 heavy (non-hydrogen) atoms. The zero-order valence-corrected chi connectivity index (χ0v) is 18.9. The number of para-hydroxylation sites is 2. The third kappa shape index (κ3) is 4.29. The number of benzene rings is 3. The molecule has 0 fully saturated rings. The Morgan fingerprint density at radius 3 is 2.41 bits per heavy atom. The van der Waals surface area contributed by atoms with Gasteiger partial charge in [-0.3, -0.25) is 18.8 Å². The lowest BCUT2D eigenvalue weighted by molar-refractivity contribution is -0.121. The first-order valence-corrected chi connectivity index (χ1v) is 11.7. The molecule has 0 spiro atoms. The highest BCUT2D eigenvalue weighted by atomic mass is 35.5. The number of carbonyl (C=O) groups excluding carboxylic acids is 2. The van der Waals surface area contributed by atoms with E-state index in [9.17, 15) is 18.0 Å². The third-order valence-electron chi connectivity index (χ3n) is 4.86. The van der Waals surface area contributed by atoms with Gasteiger partial charge >= 0.3 is 0 Å². The molecule has 164 valence electrons. The molecule has 1 aliphatic rings. The van der Waals surface area contributed by atoms with Gasteiger partial charge in [-0.2, -0.15) is 0 Å². The number of amides is 2. The van der Waals surface area contributed by atoms with E-state index in [1.54, 1.807) is 42.5 Å². The van der Waals surface area contributed by atoms with Gasteiger partial charge in [0.1, 0.15) is 13.1 Å². The van der Waals surface area contributed by atoms with Crippen LogP contribution < -0.4 is 14.5 Å². The van der Waals surface area contributed by atoms with Crippen molar-refractivity contribution in [2.24, 2.45) is 0 Å². The smallest absolute Gasteiger partial charge is 0.264 e. The number of rotatable bonds is 5. The van der Waals surface area contributed by atoms with E-state index < -0.39 is 22.5 Å². The Labute approximate surface area is 195 Å². The van der Waals surface area contributed by atoms with Gasteiger partial charge in [-0.25, -0.2) is 8.42 Å². The van der Waals surface area contributed by atoms with Crippen LogP contribution in [0.1, 0.15) is 0 Å². The molecule has 0 atom stereocenters. The summed E-state index contributed by atoms with van der Waals surface area (Å²) in [7, 11) is -4.16. The van der Waals surface area contributed by atoms with E-state index in [2.05, 4.69) is 5.32 Å². The quantitative estimate of drug-likeness (QED) is 0.582. The summed E-state index contributed by atoms with van der Waals surface area (Å²) in [5, 5.41) is 3.09. The topological polar surface area (TPSA) is 86.8 Å². The fraction of sp³-hybridized carbons (Fsp3) is 0.0909. The van der Waals surface area contributed by atoms with Crippen LogP contribution in [0, 0.1) is 0 Å². The van der Waals surface area contributed by atoms with Crippen molar-refractivity contribution in [3.63, 3.8) is 0 Å².